The Balaban J connectivity index is 1.71. The standard InChI is InChI=1S/C10H13N5O2/c1-6(16)8-4-15(14-12-8)5-9-11-10(13-17-9)7-2-3-7/h4,6-7,16H,2-3,5H2,1H3. The average Bonchev–Trinajstić information content (AvgIpc) is 2.87. The lowest BCUT2D eigenvalue weighted by Gasteiger charge is -1.95. The van der Waals surface area contributed by atoms with Gasteiger partial charge in [-0.05, 0) is 19.8 Å². The quantitative estimate of drug-likeness (QED) is 0.836. The van der Waals surface area contributed by atoms with Gasteiger partial charge in [-0.15, -0.1) is 5.10 Å². The zero-order valence-corrected chi connectivity index (χ0v) is 9.44. The zero-order chi connectivity index (χ0) is 11.8. The molecule has 1 unspecified atom stereocenters. The van der Waals surface area contributed by atoms with Crippen LogP contribution in [0.5, 0.6) is 0 Å². The third kappa shape index (κ3) is 2.19. The molecular formula is C10H13N5O2. The third-order valence-corrected chi connectivity index (χ3v) is 2.71. The van der Waals surface area contributed by atoms with Crippen molar-refractivity contribution < 1.29 is 9.63 Å². The lowest BCUT2D eigenvalue weighted by atomic mass is 10.3. The smallest absolute Gasteiger partial charge is 0.248 e. The fraction of sp³-hybridized carbons (Fsp3) is 0.600. The number of hydrogen-bond donors (Lipinski definition) is 1. The van der Waals surface area contributed by atoms with Crippen molar-refractivity contribution in [3.63, 3.8) is 0 Å². The topological polar surface area (TPSA) is 89.9 Å². The lowest BCUT2D eigenvalue weighted by molar-refractivity contribution is 0.194. The molecule has 90 valence electrons. The molecule has 1 atom stereocenters. The normalized spacial score (nSPS) is 17.3. The monoisotopic (exact) mass is 235 g/mol. The summed E-state index contributed by atoms with van der Waals surface area (Å²) >= 11 is 0. The van der Waals surface area contributed by atoms with Gasteiger partial charge in [-0.3, -0.25) is 0 Å². The second-order valence-electron chi connectivity index (χ2n) is 4.34. The Bertz CT molecular complexity index is 476. The first kappa shape index (κ1) is 10.4. The van der Waals surface area contributed by atoms with Crippen molar-refractivity contribution in [3.8, 4) is 0 Å². The second kappa shape index (κ2) is 3.92. The van der Waals surface area contributed by atoms with Crippen LogP contribution in [0, 0.1) is 0 Å². The molecule has 0 radical (unpaired) electrons. The van der Waals surface area contributed by atoms with Crippen LogP contribution in [0.3, 0.4) is 0 Å². The Kier molecular flexibility index (Phi) is 2.40. The number of aliphatic hydroxyl groups is 1. The fourth-order valence-electron chi connectivity index (χ4n) is 1.56. The summed E-state index contributed by atoms with van der Waals surface area (Å²) in [7, 11) is 0. The van der Waals surface area contributed by atoms with Crippen LogP contribution in [-0.2, 0) is 6.54 Å². The minimum absolute atomic E-state index is 0.388. The minimum atomic E-state index is -0.617. The molecule has 0 spiro atoms. The molecule has 3 rings (SSSR count). The summed E-state index contributed by atoms with van der Waals surface area (Å²) < 4.78 is 6.70. The summed E-state index contributed by atoms with van der Waals surface area (Å²) in [6.45, 7) is 2.03. The Labute approximate surface area is 97.4 Å². The van der Waals surface area contributed by atoms with Crippen LogP contribution in [0.25, 0.3) is 0 Å². The molecule has 17 heavy (non-hydrogen) atoms. The molecule has 0 aromatic carbocycles. The number of rotatable bonds is 4. The highest BCUT2D eigenvalue weighted by Crippen LogP contribution is 2.38. The van der Waals surface area contributed by atoms with Crippen LogP contribution < -0.4 is 0 Å². The maximum absolute atomic E-state index is 9.32. The van der Waals surface area contributed by atoms with Gasteiger partial charge in [0.1, 0.15) is 12.2 Å². The van der Waals surface area contributed by atoms with E-state index in [1.54, 1.807) is 17.8 Å². The highest BCUT2D eigenvalue weighted by atomic mass is 16.5. The van der Waals surface area contributed by atoms with E-state index >= 15 is 0 Å². The van der Waals surface area contributed by atoms with E-state index in [9.17, 15) is 5.11 Å². The third-order valence-electron chi connectivity index (χ3n) is 2.71. The first-order valence-electron chi connectivity index (χ1n) is 5.63. The highest BCUT2D eigenvalue weighted by Gasteiger charge is 2.28. The van der Waals surface area contributed by atoms with Gasteiger partial charge in [-0.25, -0.2) is 4.68 Å². The molecule has 0 saturated heterocycles. The summed E-state index contributed by atoms with van der Waals surface area (Å²) in [6, 6.07) is 0. The van der Waals surface area contributed by atoms with E-state index in [-0.39, 0.29) is 0 Å². The summed E-state index contributed by atoms with van der Waals surface area (Å²) in [4.78, 5) is 4.29. The van der Waals surface area contributed by atoms with Crippen LogP contribution in [0.15, 0.2) is 10.7 Å². The van der Waals surface area contributed by atoms with Crippen molar-refractivity contribution in [2.24, 2.45) is 0 Å². The fourth-order valence-corrected chi connectivity index (χ4v) is 1.56. The number of aromatic nitrogens is 5. The van der Waals surface area contributed by atoms with E-state index in [4.69, 9.17) is 4.52 Å². The number of hydrogen-bond acceptors (Lipinski definition) is 6. The van der Waals surface area contributed by atoms with E-state index in [2.05, 4.69) is 20.5 Å². The second-order valence-corrected chi connectivity index (χ2v) is 4.34. The van der Waals surface area contributed by atoms with E-state index in [1.807, 2.05) is 0 Å². The largest absolute Gasteiger partial charge is 0.387 e. The molecule has 2 heterocycles. The number of aliphatic hydroxyl groups excluding tert-OH is 1. The molecule has 2 aromatic rings. The molecular weight excluding hydrogens is 222 g/mol. The first-order valence-corrected chi connectivity index (χ1v) is 5.63. The predicted molar refractivity (Wildman–Crippen MR) is 56.0 cm³/mol. The van der Waals surface area contributed by atoms with Crippen LogP contribution in [0.2, 0.25) is 0 Å². The molecule has 1 fully saturated rings. The first-order chi connectivity index (χ1) is 8.22. The number of nitrogens with zero attached hydrogens (tertiary/aromatic N) is 5. The Morgan fingerprint density at radius 1 is 1.59 bits per heavy atom. The molecule has 1 aliphatic rings. The van der Waals surface area contributed by atoms with E-state index in [0.29, 0.717) is 24.0 Å². The van der Waals surface area contributed by atoms with Gasteiger partial charge in [0.15, 0.2) is 5.82 Å². The van der Waals surface area contributed by atoms with Gasteiger partial charge in [-0.1, -0.05) is 10.4 Å². The van der Waals surface area contributed by atoms with Crippen LogP contribution in [-0.4, -0.2) is 30.2 Å². The van der Waals surface area contributed by atoms with Gasteiger partial charge in [-0.2, -0.15) is 4.98 Å². The molecule has 1 N–H and O–H groups in total. The van der Waals surface area contributed by atoms with Crippen LogP contribution in [0.4, 0.5) is 0 Å². The van der Waals surface area contributed by atoms with Gasteiger partial charge >= 0.3 is 0 Å². The Hall–Kier alpha value is -1.76. The SMILES string of the molecule is CC(O)c1cn(Cc2nc(C3CC3)no2)nn1. The van der Waals surface area contributed by atoms with Crippen molar-refractivity contribution in [2.75, 3.05) is 0 Å². The lowest BCUT2D eigenvalue weighted by Crippen LogP contribution is -2.00. The van der Waals surface area contributed by atoms with Crippen molar-refractivity contribution in [1.29, 1.82) is 0 Å². The van der Waals surface area contributed by atoms with Crippen molar-refractivity contribution >= 4 is 0 Å². The molecule has 0 amide bonds. The molecule has 0 bridgehead atoms. The summed E-state index contributed by atoms with van der Waals surface area (Å²) in [6.07, 6.45) is 3.35. The summed E-state index contributed by atoms with van der Waals surface area (Å²) in [5.74, 6) is 1.79. The molecule has 1 aliphatic carbocycles. The molecule has 1 saturated carbocycles. The molecule has 7 nitrogen and oxygen atoms in total. The predicted octanol–water partition coefficient (Wildman–Crippen LogP) is 0.640. The highest BCUT2D eigenvalue weighted by molar-refractivity contribution is 5.03. The van der Waals surface area contributed by atoms with E-state index in [1.165, 1.54) is 0 Å². The zero-order valence-electron chi connectivity index (χ0n) is 9.44. The van der Waals surface area contributed by atoms with Crippen molar-refractivity contribution in [1.82, 2.24) is 25.1 Å². The Morgan fingerprint density at radius 2 is 2.41 bits per heavy atom. The maximum atomic E-state index is 9.32. The molecule has 7 heteroatoms. The van der Waals surface area contributed by atoms with Gasteiger partial charge in [0.2, 0.25) is 5.89 Å². The summed E-state index contributed by atoms with van der Waals surface area (Å²) in [5, 5.41) is 21.0. The maximum Gasteiger partial charge on any atom is 0.248 e. The summed E-state index contributed by atoms with van der Waals surface area (Å²) in [5.41, 5.74) is 0.534. The average molecular weight is 235 g/mol. The van der Waals surface area contributed by atoms with Crippen LogP contribution in [0.1, 0.15) is 49.2 Å². The Morgan fingerprint density at radius 3 is 3.06 bits per heavy atom. The van der Waals surface area contributed by atoms with Gasteiger partial charge in [0, 0.05) is 5.92 Å². The van der Waals surface area contributed by atoms with E-state index < -0.39 is 6.10 Å². The minimum Gasteiger partial charge on any atom is -0.387 e. The van der Waals surface area contributed by atoms with Crippen molar-refractivity contribution in [3.05, 3.63) is 23.6 Å². The van der Waals surface area contributed by atoms with Crippen LogP contribution >= 0.6 is 0 Å². The van der Waals surface area contributed by atoms with Crippen molar-refractivity contribution in [2.45, 2.75) is 38.3 Å². The van der Waals surface area contributed by atoms with E-state index in [0.717, 1.165) is 18.7 Å². The molecule has 0 aliphatic heterocycles. The molecule has 2 aromatic heterocycles. The van der Waals surface area contributed by atoms with Gasteiger partial charge < -0.3 is 9.63 Å². The van der Waals surface area contributed by atoms with Gasteiger partial charge in [0.25, 0.3) is 0 Å². The van der Waals surface area contributed by atoms with Gasteiger partial charge in [0.05, 0.1) is 12.3 Å².